The molecule has 6 nitrogen and oxygen atoms in total. The zero-order chi connectivity index (χ0) is 16.3. The van der Waals surface area contributed by atoms with Crippen LogP contribution >= 0.6 is 11.3 Å². The number of anilines is 1. The van der Waals surface area contributed by atoms with Gasteiger partial charge in [0.1, 0.15) is 0 Å². The van der Waals surface area contributed by atoms with Crippen LogP contribution in [0.25, 0.3) is 0 Å². The van der Waals surface area contributed by atoms with E-state index in [1.807, 2.05) is 12.3 Å². The van der Waals surface area contributed by atoms with Gasteiger partial charge in [-0.25, -0.2) is 17.7 Å². The molecule has 1 N–H and O–H groups in total. The van der Waals surface area contributed by atoms with Crippen molar-refractivity contribution in [2.75, 3.05) is 19.4 Å². The van der Waals surface area contributed by atoms with Crippen LogP contribution in [0.3, 0.4) is 0 Å². The van der Waals surface area contributed by atoms with Gasteiger partial charge in [-0.3, -0.25) is 4.79 Å². The van der Waals surface area contributed by atoms with Gasteiger partial charge in [-0.05, 0) is 25.1 Å². The number of sulfonamides is 1. The van der Waals surface area contributed by atoms with Crippen molar-refractivity contribution in [1.29, 1.82) is 0 Å². The predicted octanol–water partition coefficient (Wildman–Crippen LogP) is 1.88. The van der Waals surface area contributed by atoms with Crippen molar-refractivity contribution >= 4 is 33.0 Å². The summed E-state index contributed by atoms with van der Waals surface area (Å²) in [5.74, 6) is -0.232. The van der Waals surface area contributed by atoms with E-state index in [2.05, 4.69) is 10.3 Å². The number of hydrogen-bond acceptors (Lipinski definition) is 5. The molecule has 2 aromatic rings. The third-order valence-corrected chi connectivity index (χ3v) is 5.54. The molecule has 0 atom stereocenters. The molecule has 0 radical (unpaired) electrons. The van der Waals surface area contributed by atoms with Crippen molar-refractivity contribution in [2.45, 2.75) is 18.2 Å². The molecule has 1 aromatic carbocycles. The smallest absolute Gasteiger partial charge is 0.242 e. The summed E-state index contributed by atoms with van der Waals surface area (Å²) >= 11 is 1.49. The Morgan fingerprint density at radius 2 is 2.09 bits per heavy atom. The lowest BCUT2D eigenvalue weighted by atomic mass is 10.3. The second kappa shape index (κ2) is 6.55. The van der Waals surface area contributed by atoms with Crippen molar-refractivity contribution in [3.8, 4) is 0 Å². The number of nitrogens with one attached hydrogen (secondary N) is 1. The highest BCUT2D eigenvalue weighted by atomic mass is 32.2. The minimum absolute atomic E-state index is 0.139. The van der Waals surface area contributed by atoms with Gasteiger partial charge in [0.05, 0.1) is 22.0 Å². The molecule has 0 saturated heterocycles. The second-order valence-electron chi connectivity index (χ2n) is 4.90. The summed E-state index contributed by atoms with van der Waals surface area (Å²) in [6, 6.07) is 6.19. The lowest BCUT2D eigenvalue weighted by Crippen LogP contribution is -2.22. The highest BCUT2D eigenvalue weighted by molar-refractivity contribution is 7.89. The average Bonchev–Trinajstić information content (AvgIpc) is 2.84. The number of aryl methyl sites for hydroxylation is 1. The fourth-order valence-electron chi connectivity index (χ4n) is 1.80. The molecule has 118 valence electrons. The number of nitrogens with zero attached hydrogens (tertiary/aromatic N) is 2. The standard InChI is InChI=1S/C14H17N3O3S2/c1-10-15-12(9-21-10)8-14(18)16-11-5-4-6-13(7-11)22(19,20)17(2)3/h4-7,9H,8H2,1-3H3,(H,16,18). The average molecular weight is 339 g/mol. The molecule has 2 rings (SSSR count). The largest absolute Gasteiger partial charge is 0.326 e. The molecule has 0 spiro atoms. The van der Waals surface area contributed by atoms with Gasteiger partial charge in [0.15, 0.2) is 0 Å². The SMILES string of the molecule is Cc1nc(CC(=O)Nc2cccc(S(=O)(=O)N(C)C)c2)cs1. The summed E-state index contributed by atoms with van der Waals surface area (Å²) in [5.41, 5.74) is 1.15. The second-order valence-corrected chi connectivity index (χ2v) is 8.11. The molecule has 0 fully saturated rings. The normalized spacial score (nSPS) is 11.6. The van der Waals surface area contributed by atoms with Crippen LogP contribution in [0.5, 0.6) is 0 Å². The van der Waals surface area contributed by atoms with Gasteiger partial charge < -0.3 is 5.32 Å². The zero-order valence-corrected chi connectivity index (χ0v) is 14.2. The van der Waals surface area contributed by atoms with Gasteiger partial charge in [-0.15, -0.1) is 11.3 Å². The van der Waals surface area contributed by atoms with Crippen LogP contribution < -0.4 is 5.32 Å². The van der Waals surface area contributed by atoms with Gasteiger partial charge in [-0.1, -0.05) is 6.07 Å². The van der Waals surface area contributed by atoms with Crippen LogP contribution in [-0.4, -0.2) is 37.7 Å². The third kappa shape index (κ3) is 3.90. The quantitative estimate of drug-likeness (QED) is 0.902. The van der Waals surface area contributed by atoms with Gasteiger partial charge in [0.25, 0.3) is 0 Å². The molecule has 0 saturated carbocycles. The predicted molar refractivity (Wildman–Crippen MR) is 86.5 cm³/mol. The highest BCUT2D eigenvalue weighted by Crippen LogP contribution is 2.18. The van der Waals surface area contributed by atoms with Crippen molar-refractivity contribution < 1.29 is 13.2 Å². The number of thiazole rings is 1. The van der Waals surface area contributed by atoms with Gasteiger partial charge in [0.2, 0.25) is 15.9 Å². The van der Waals surface area contributed by atoms with Crippen LogP contribution in [0, 0.1) is 6.92 Å². The molecule has 0 unspecified atom stereocenters. The molecule has 1 heterocycles. The van der Waals surface area contributed by atoms with Gasteiger partial charge in [-0.2, -0.15) is 0 Å². The molecule has 0 aliphatic carbocycles. The summed E-state index contributed by atoms with van der Waals surface area (Å²) in [6.45, 7) is 1.88. The van der Waals surface area contributed by atoms with Crippen LogP contribution in [-0.2, 0) is 21.2 Å². The maximum Gasteiger partial charge on any atom is 0.242 e. The molecule has 0 aliphatic rings. The molecular weight excluding hydrogens is 322 g/mol. The molecule has 0 bridgehead atoms. The summed E-state index contributed by atoms with van der Waals surface area (Å²) in [6.07, 6.45) is 0.162. The minimum Gasteiger partial charge on any atom is -0.326 e. The van der Waals surface area contributed by atoms with Gasteiger partial charge in [0, 0.05) is 25.2 Å². The van der Waals surface area contributed by atoms with Crippen molar-refractivity contribution in [3.05, 3.63) is 40.3 Å². The number of carbonyl (C=O) groups is 1. The van der Waals surface area contributed by atoms with E-state index in [1.165, 1.54) is 37.6 Å². The lowest BCUT2D eigenvalue weighted by molar-refractivity contribution is -0.115. The highest BCUT2D eigenvalue weighted by Gasteiger charge is 2.17. The van der Waals surface area contributed by atoms with Crippen LogP contribution in [0.1, 0.15) is 10.7 Å². The van der Waals surface area contributed by atoms with Crippen LogP contribution in [0.2, 0.25) is 0 Å². The van der Waals surface area contributed by atoms with E-state index in [4.69, 9.17) is 0 Å². The molecule has 22 heavy (non-hydrogen) atoms. The fraction of sp³-hybridized carbons (Fsp3) is 0.286. The van der Waals surface area contributed by atoms with E-state index < -0.39 is 10.0 Å². The van der Waals surface area contributed by atoms with E-state index >= 15 is 0 Å². The van der Waals surface area contributed by atoms with E-state index in [1.54, 1.807) is 12.1 Å². The maximum atomic E-state index is 12.1. The Bertz CT molecular complexity index is 782. The number of hydrogen-bond donors (Lipinski definition) is 1. The first-order valence-electron chi connectivity index (χ1n) is 6.52. The van der Waals surface area contributed by atoms with Crippen molar-refractivity contribution in [2.24, 2.45) is 0 Å². The third-order valence-electron chi connectivity index (χ3n) is 2.90. The molecular formula is C14H17N3O3S2. The Balaban J connectivity index is 2.12. The summed E-state index contributed by atoms with van der Waals surface area (Å²) in [7, 11) is -0.592. The molecule has 8 heteroatoms. The topological polar surface area (TPSA) is 79.4 Å². The number of carbonyl (C=O) groups excluding carboxylic acids is 1. The molecule has 1 aromatic heterocycles. The fourth-order valence-corrected chi connectivity index (χ4v) is 3.36. The maximum absolute atomic E-state index is 12.1. The monoisotopic (exact) mass is 339 g/mol. The Hall–Kier alpha value is -1.77. The zero-order valence-electron chi connectivity index (χ0n) is 12.5. The van der Waals surface area contributed by atoms with E-state index in [0.717, 1.165) is 9.31 Å². The Morgan fingerprint density at radius 3 is 2.68 bits per heavy atom. The lowest BCUT2D eigenvalue weighted by Gasteiger charge is -2.12. The van der Waals surface area contributed by atoms with Crippen molar-refractivity contribution in [3.63, 3.8) is 0 Å². The van der Waals surface area contributed by atoms with E-state index in [9.17, 15) is 13.2 Å². The first-order valence-corrected chi connectivity index (χ1v) is 8.84. The summed E-state index contributed by atoms with van der Waals surface area (Å²) < 4.78 is 25.3. The van der Waals surface area contributed by atoms with Crippen LogP contribution in [0.15, 0.2) is 34.5 Å². The molecule has 1 amide bonds. The first-order chi connectivity index (χ1) is 10.3. The number of rotatable bonds is 5. The number of aromatic nitrogens is 1. The minimum atomic E-state index is -3.52. The summed E-state index contributed by atoms with van der Waals surface area (Å²) in [4.78, 5) is 16.3. The Morgan fingerprint density at radius 1 is 1.36 bits per heavy atom. The first kappa shape index (κ1) is 16.6. The number of amides is 1. The van der Waals surface area contributed by atoms with Gasteiger partial charge >= 0.3 is 0 Å². The van der Waals surface area contributed by atoms with E-state index in [0.29, 0.717) is 11.4 Å². The van der Waals surface area contributed by atoms with Crippen LogP contribution in [0.4, 0.5) is 5.69 Å². The Kier molecular flexibility index (Phi) is 4.94. The molecule has 0 aliphatic heterocycles. The van der Waals surface area contributed by atoms with Crippen molar-refractivity contribution in [1.82, 2.24) is 9.29 Å². The Labute approximate surface area is 133 Å². The van der Waals surface area contributed by atoms with E-state index in [-0.39, 0.29) is 17.2 Å². The number of benzene rings is 1. The summed E-state index contributed by atoms with van der Waals surface area (Å²) in [5, 5.41) is 5.43.